The fourth-order valence-corrected chi connectivity index (χ4v) is 2.65. The quantitative estimate of drug-likeness (QED) is 0.586. The van der Waals surface area contributed by atoms with E-state index in [0.717, 1.165) is 11.1 Å². The van der Waals surface area contributed by atoms with Crippen LogP contribution >= 0.6 is 0 Å². The average molecular weight is 342 g/mol. The molecule has 0 aliphatic heterocycles. The van der Waals surface area contributed by atoms with Gasteiger partial charge in [0, 0.05) is 11.1 Å². The van der Waals surface area contributed by atoms with Gasteiger partial charge in [-0.1, -0.05) is 67.6 Å². The fourth-order valence-electron chi connectivity index (χ4n) is 2.65. The van der Waals surface area contributed by atoms with Gasteiger partial charge < -0.3 is 15.2 Å². The Hall–Kier alpha value is -2.70. The van der Waals surface area contributed by atoms with Crippen LogP contribution in [0.4, 0.5) is 0 Å². The average Bonchev–Trinajstić information content (AvgIpc) is 2.67. The molecule has 0 fully saturated rings. The topological polar surface area (TPSA) is 105 Å². The van der Waals surface area contributed by atoms with Gasteiger partial charge >= 0.3 is 11.9 Å². The molecule has 0 aliphatic rings. The van der Waals surface area contributed by atoms with Gasteiger partial charge in [-0.2, -0.15) is 0 Å². The maximum absolute atomic E-state index is 12.5. The number of benzene rings is 2. The molecule has 2 rings (SSSR count). The molecule has 132 valence electrons. The molecule has 0 aliphatic carbocycles. The summed E-state index contributed by atoms with van der Waals surface area (Å²) in [6.45, 7) is 1.54. The van der Waals surface area contributed by atoms with E-state index in [1.54, 1.807) is 0 Å². The van der Waals surface area contributed by atoms with Gasteiger partial charge in [-0.3, -0.25) is 10.5 Å². The Kier molecular flexibility index (Phi) is 6.27. The first-order valence-corrected chi connectivity index (χ1v) is 8.02. The van der Waals surface area contributed by atoms with Gasteiger partial charge in [-0.15, -0.1) is 0 Å². The predicted molar refractivity (Wildman–Crippen MR) is 93.2 cm³/mol. The van der Waals surface area contributed by atoms with Crippen LogP contribution in [0.15, 0.2) is 60.7 Å². The second-order valence-corrected chi connectivity index (χ2v) is 5.45. The molecule has 25 heavy (non-hydrogen) atoms. The van der Waals surface area contributed by atoms with Crippen LogP contribution in [0.2, 0.25) is 0 Å². The highest BCUT2D eigenvalue weighted by Crippen LogP contribution is 2.37. The monoisotopic (exact) mass is 342 g/mol. The smallest absolute Gasteiger partial charge is 0.364 e. The van der Waals surface area contributed by atoms with Crippen LogP contribution in [0.5, 0.6) is 0 Å². The lowest BCUT2D eigenvalue weighted by atomic mass is 9.84. The fraction of sp³-hybridized carbons (Fsp3) is 0.263. The summed E-state index contributed by atoms with van der Waals surface area (Å²) in [6, 6.07) is 18.7. The summed E-state index contributed by atoms with van der Waals surface area (Å²) in [5.74, 6) is -1.61. The zero-order valence-electron chi connectivity index (χ0n) is 14.1. The van der Waals surface area contributed by atoms with E-state index in [4.69, 9.17) is 20.9 Å². The molecule has 0 heterocycles. The molecule has 0 amide bonds. The third-order valence-electron chi connectivity index (χ3n) is 3.91. The lowest BCUT2D eigenvalue weighted by Gasteiger charge is -2.34. The molecule has 2 aromatic rings. The van der Waals surface area contributed by atoms with E-state index >= 15 is 0 Å². The van der Waals surface area contributed by atoms with Crippen LogP contribution in [-0.4, -0.2) is 24.7 Å². The van der Waals surface area contributed by atoms with E-state index in [9.17, 15) is 9.59 Å². The first-order valence-electron chi connectivity index (χ1n) is 8.02. The van der Waals surface area contributed by atoms with Crippen molar-refractivity contribution in [3.05, 3.63) is 71.8 Å². The Morgan fingerprint density at radius 3 is 1.88 bits per heavy atom. The highest BCUT2D eigenvalue weighted by atomic mass is 16.6. The number of carbonyl (C=O) groups is 2. The molecule has 0 bridgehead atoms. The summed E-state index contributed by atoms with van der Waals surface area (Å²) >= 11 is 0. The Morgan fingerprint density at radius 1 is 1.00 bits per heavy atom. The van der Waals surface area contributed by atoms with E-state index in [1.165, 1.54) is 0 Å². The minimum atomic E-state index is -1.53. The van der Waals surface area contributed by atoms with Gasteiger partial charge in [-0.25, -0.2) is 4.79 Å². The highest BCUT2D eigenvalue weighted by molar-refractivity contribution is 5.80. The van der Waals surface area contributed by atoms with E-state index in [2.05, 4.69) is 0 Å². The summed E-state index contributed by atoms with van der Waals surface area (Å²) in [5, 5.41) is 0. The first-order chi connectivity index (χ1) is 12.0. The van der Waals surface area contributed by atoms with Crippen molar-refractivity contribution < 1.29 is 19.1 Å². The van der Waals surface area contributed by atoms with Crippen LogP contribution in [0.25, 0.3) is 0 Å². The highest BCUT2D eigenvalue weighted by Gasteiger charge is 2.38. The summed E-state index contributed by atoms with van der Waals surface area (Å²) < 4.78 is 10.5. The molecule has 0 saturated carbocycles. The van der Waals surface area contributed by atoms with E-state index in [0.29, 0.717) is 6.42 Å². The van der Waals surface area contributed by atoms with Crippen LogP contribution in [0, 0.1) is 0 Å². The molecule has 4 N–H and O–H groups in total. The number of rotatable bonds is 7. The Bertz CT molecular complexity index is 664. The molecular weight excluding hydrogens is 320 g/mol. The summed E-state index contributed by atoms with van der Waals surface area (Å²) in [6.07, 6.45) is -1.06. The van der Waals surface area contributed by atoms with Crippen molar-refractivity contribution in [3.8, 4) is 0 Å². The molecule has 6 heteroatoms. The number of hydrogen-bond acceptors (Lipinski definition) is 6. The van der Waals surface area contributed by atoms with Crippen LogP contribution in [0.1, 0.15) is 24.5 Å². The van der Waals surface area contributed by atoms with Gasteiger partial charge in [0.05, 0.1) is 6.54 Å². The molecule has 0 radical (unpaired) electrons. The van der Waals surface area contributed by atoms with Gasteiger partial charge in [-0.05, 0) is 6.42 Å². The van der Waals surface area contributed by atoms with Gasteiger partial charge in [0.2, 0.25) is 6.23 Å². The van der Waals surface area contributed by atoms with E-state index in [-0.39, 0.29) is 6.54 Å². The molecule has 0 spiro atoms. The number of carbonyl (C=O) groups excluding carboxylic acids is 2. The Balaban J connectivity index is 2.39. The van der Waals surface area contributed by atoms with Crippen molar-refractivity contribution in [3.63, 3.8) is 0 Å². The van der Waals surface area contributed by atoms with Crippen molar-refractivity contribution in [2.75, 3.05) is 6.54 Å². The molecule has 0 saturated heterocycles. The van der Waals surface area contributed by atoms with Gasteiger partial charge in [0.25, 0.3) is 0 Å². The SMILES string of the molecule is CCC(OC(=O)C(N)OC(=O)CN)(c1ccccc1)c1ccccc1. The van der Waals surface area contributed by atoms with Crippen molar-refractivity contribution in [1.29, 1.82) is 0 Å². The molecule has 2 aromatic carbocycles. The van der Waals surface area contributed by atoms with Gasteiger partial charge in [0.1, 0.15) is 0 Å². The third kappa shape index (κ3) is 4.23. The van der Waals surface area contributed by atoms with Crippen LogP contribution in [-0.2, 0) is 24.7 Å². The summed E-state index contributed by atoms with van der Waals surface area (Å²) in [4.78, 5) is 23.7. The second kappa shape index (κ2) is 8.41. The van der Waals surface area contributed by atoms with E-state index in [1.807, 2.05) is 67.6 Å². The summed E-state index contributed by atoms with van der Waals surface area (Å²) in [7, 11) is 0. The van der Waals surface area contributed by atoms with Crippen molar-refractivity contribution in [2.45, 2.75) is 25.2 Å². The lowest BCUT2D eigenvalue weighted by molar-refractivity contribution is -0.176. The van der Waals surface area contributed by atoms with E-state index < -0.39 is 23.8 Å². The van der Waals surface area contributed by atoms with Crippen molar-refractivity contribution in [1.82, 2.24) is 0 Å². The molecule has 6 nitrogen and oxygen atoms in total. The number of esters is 2. The molecule has 0 aromatic heterocycles. The summed E-state index contributed by atoms with van der Waals surface area (Å²) in [5.41, 5.74) is 11.4. The predicted octanol–water partition coefficient (Wildman–Crippen LogP) is 1.67. The second-order valence-electron chi connectivity index (χ2n) is 5.45. The maximum atomic E-state index is 12.5. The van der Waals surface area contributed by atoms with Crippen LogP contribution in [0.3, 0.4) is 0 Å². The minimum absolute atomic E-state index is 0.364. The molecular formula is C19H22N2O4. The zero-order chi connectivity index (χ0) is 18.3. The largest absolute Gasteiger partial charge is 0.445 e. The van der Waals surface area contributed by atoms with Crippen molar-refractivity contribution in [2.24, 2.45) is 11.5 Å². The molecule has 1 atom stereocenters. The number of hydrogen-bond donors (Lipinski definition) is 2. The van der Waals surface area contributed by atoms with Gasteiger partial charge in [0.15, 0.2) is 5.60 Å². The zero-order valence-corrected chi connectivity index (χ0v) is 14.1. The number of ether oxygens (including phenoxy) is 2. The first kappa shape index (κ1) is 18.6. The minimum Gasteiger partial charge on any atom is -0.445 e. The third-order valence-corrected chi connectivity index (χ3v) is 3.91. The normalized spacial score (nSPS) is 12.3. The van der Waals surface area contributed by atoms with Crippen molar-refractivity contribution >= 4 is 11.9 Å². The molecule has 1 unspecified atom stereocenters. The number of nitrogens with two attached hydrogens (primary N) is 2. The Labute approximate surface area is 146 Å². The lowest BCUT2D eigenvalue weighted by Crippen LogP contribution is -2.43. The Morgan fingerprint density at radius 2 is 1.48 bits per heavy atom. The van der Waals surface area contributed by atoms with Crippen LogP contribution < -0.4 is 11.5 Å². The standard InChI is InChI=1S/C19H22N2O4/c1-2-19(14-9-5-3-6-10-14,15-11-7-4-8-12-15)25-18(23)17(21)24-16(22)13-20/h3-12,17H,2,13,20-21H2,1H3. The maximum Gasteiger partial charge on any atom is 0.364 e.